The minimum atomic E-state index is -0.526. The molecule has 0 unspecified atom stereocenters. The maximum atomic E-state index is 12.5. The Balaban J connectivity index is 2.08. The molecule has 0 aliphatic rings. The second-order valence-corrected chi connectivity index (χ2v) is 8.42. The summed E-state index contributed by atoms with van der Waals surface area (Å²) in [5.74, 6) is 1.09. The zero-order valence-corrected chi connectivity index (χ0v) is 18.6. The Hall–Kier alpha value is -2.17. The Kier molecular flexibility index (Phi) is 8.87. The van der Waals surface area contributed by atoms with Crippen molar-refractivity contribution in [2.45, 2.75) is 84.7 Å². The smallest absolute Gasteiger partial charge is 0.383 e. The number of ether oxygens (including phenoxy) is 3. The quantitative estimate of drug-likeness (QED) is 0.298. The van der Waals surface area contributed by atoms with Gasteiger partial charge < -0.3 is 18.6 Å². The third-order valence-electron chi connectivity index (χ3n) is 4.67. The van der Waals surface area contributed by atoms with E-state index < -0.39 is 11.2 Å². The van der Waals surface area contributed by atoms with Crippen LogP contribution < -0.4 is 19.8 Å². The molecule has 0 radical (unpaired) electrons. The first-order chi connectivity index (χ1) is 13.9. The Morgan fingerprint density at radius 2 is 1.59 bits per heavy atom. The summed E-state index contributed by atoms with van der Waals surface area (Å²) in [6.07, 6.45) is 9.65. The SMILES string of the molecule is CCCCCCCCCCOc1c(OC)c2c(OC(C)(C)C)cccc2oc1=O. The third kappa shape index (κ3) is 6.98. The molecule has 0 fully saturated rings. The van der Waals surface area contributed by atoms with Crippen LogP contribution in [0.25, 0.3) is 11.0 Å². The van der Waals surface area contributed by atoms with E-state index in [1.54, 1.807) is 12.1 Å². The monoisotopic (exact) mass is 404 g/mol. The number of benzene rings is 1. The summed E-state index contributed by atoms with van der Waals surface area (Å²) in [5, 5.41) is 0.621. The van der Waals surface area contributed by atoms with Crippen LogP contribution in [0.15, 0.2) is 27.4 Å². The van der Waals surface area contributed by atoms with Gasteiger partial charge in [-0.3, -0.25) is 0 Å². The Labute approximate surface area is 174 Å². The average molecular weight is 405 g/mol. The van der Waals surface area contributed by atoms with Crippen molar-refractivity contribution < 1.29 is 18.6 Å². The summed E-state index contributed by atoms with van der Waals surface area (Å²) in [6.45, 7) is 8.60. The van der Waals surface area contributed by atoms with Crippen molar-refractivity contribution in [2.75, 3.05) is 13.7 Å². The van der Waals surface area contributed by atoms with Crippen LogP contribution in [0.4, 0.5) is 0 Å². The zero-order valence-electron chi connectivity index (χ0n) is 18.6. The van der Waals surface area contributed by atoms with E-state index in [0.717, 1.165) is 12.8 Å². The Morgan fingerprint density at radius 3 is 2.21 bits per heavy atom. The van der Waals surface area contributed by atoms with Crippen molar-refractivity contribution in [2.24, 2.45) is 0 Å². The van der Waals surface area contributed by atoms with Crippen LogP contribution >= 0.6 is 0 Å². The highest BCUT2D eigenvalue weighted by molar-refractivity contribution is 5.91. The van der Waals surface area contributed by atoms with Crippen molar-refractivity contribution in [3.8, 4) is 17.2 Å². The van der Waals surface area contributed by atoms with Crippen molar-refractivity contribution >= 4 is 11.0 Å². The second-order valence-electron chi connectivity index (χ2n) is 8.42. The molecule has 1 aromatic heterocycles. The van der Waals surface area contributed by atoms with Crippen molar-refractivity contribution in [3.63, 3.8) is 0 Å². The molecule has 162 valence electrons. The topological polar surface area (TPSA) is 57.9 Å². The van der Waals surface area contributed by atoms with Gasteiger partial charge in [-0.15, -0.1) is 0 Å². The molecule has 29 heavy (non-hydrogen) atoms. The highest BCUT2D eigenvalue weighted by Gasteiger charge is 2.22. The van der Waals surface area contributed by atoms with Gasteiger partial charge in [0.1, 0.15) is 22.3 Å². The van der Waals surface area contributed by atoms with E-state index >= 15 is 0 Å². The van der Waals surface area contributed by atoms with Crippen LogP contribution in [0.3, 0.4) is 0 Å². The standard InChI is InChI=1S/C24H36O5/c1-6-7-8-9-10-11-12-13-17-27-22-21(26-5)20-18(28-23(22)25)15-14-16-19(20)29-24(2,3)4/h14-16H,6-13,17H2,1-5H3. The van der Waals surface area contributed by atoms with Gasteiger partial charge >= 0.3 is 5.63 Å². The van der Waals surface area contributed by atoms with Crippen LogP contribution in [-0.2, 0) is 0 Å². The Morgan fingerprint density at radius 1 is 0.931 bits per heavy atom. The summed E-state index contributed by atoms with van der Waals surface area (Å²) in [7, 11) is 1.53. The van der Waals surface area contributed by atoms with Gasteiger partial charge in [0.15, 0.2) is 5.75 Å². The molecule has 0 spiro atoms. The van der Waals surface area contributed by atoms with Gasteiger partial charge in [-0.05, 0) is 39.3 Å². The van der Waals surface area contributed by atoms with Crippen LogP contribution in [-0.4, -0.2) is 19.3 Å². The first kappa shape index (κ1) is 23.1. The lowest BCUT2D eigenvalue weighted by Gasteiger charge is -2.23. The lowest BCUT2D eigenvalue weighted by atomic mass is 10.1. The van der Waals surface area contributed by atoms with Gasteiger partial charge in [0.05, 0.1) is 13.7 Å². The third-order valence-corrected chi connectivity index (χ3v) is 4.67. The minimum absolute atomic E-state index is 0.118. The van der Waals surface area contributed by atoms with Crippen LogP contribution in [0.2, 0.25) is 0 Å². The van der Waals surface area contributed by atoms with Crippen LogP contribution in [0.5, 0.6) is 17.2 Å². The molecule has 2 aromatic rings. The molecule has 0 aliphatic carbocycles. The largest absolute Gasteiger partial charge is 0.492 e. The molecule has 1 heterocycles. The number of methoxy groups -OCH3 is 1. The highest BCUT2D eigenvalue weighted by atomic mass is 16.5. The Bertz CT molecular complexity index is 816. The molecule has 1 aromatic carbocycles. The van der Waals surface area contributed by atoms with E-state index in [1.807, 2.05) is 26.8 Å². The van der Waals surface area contributed by atoms with Crippen molar-refractivity contribution in [3.05, 3.63) is 28.6 Å². The molecule has 0 saturated heterocycles. The predicted octanol–water partition coefficient (Wildman–Crippen LogP) is 6.50. The minimum Gasteiger partial charge on any atom is -0.492 e. The van der Waals surface area contributed by atoms with E-state index in [-0.39, 0.29) is 5.75 Å². The van der Waals surface area contributed by atoms with E-state index in [2.05, 4.69) is 6.92 Å². The number of fused-ring (bicyclic) bond motifs is 1. The van der Waals surface area contributed by atoms with Gasteiger partial charge in [-0.1, -0.05) is 57.9 Å². The molecule has 2 rings (SSSR count). The lowest BCUT2D eigenvalue weighted by molar-refractivity contribution is 0.132. The molecule has 0 aliphatic heterocycles. The van der Waals surface area contributed by atoms with E-state index in [0.29, 0.717) is 29.1 Å². The van der Waals surface area contributed by atoms with E-state index in [4.69, 9.17) is 18.6 Å². The first-order valence-electron chi connectivity index (χ1n) is 10.8. The summed E-state index contributed by atoms with van der Waals surface area (Å²) in [4.78, 5) is 12.5. The van der Waals surface area contributed by atoms with Gasteiger partial charge in [0.25, 0.3) is 0 Å². The number of hydrogen-bond acceptors (Lipinski definition) is 5. The molecule has 5 heteroatoms. The molecule has 0 amide bonds. The van der Waals surface area contributed by atoms with E-state index in [9.17, 15) is 4.79 Å². The number of unbranched alkanes of at least 4 members (excludes halogenated alkanes) is 7. The zero-order chi connectivity index (χ0) is 21.3. The molecule has 0 bridgehead atoms. The summed E-state index contributed by atoms with van der Waals surface area (Å²) in [6, 6.07) is 5.38. The maximum absolute atomic E-state index is 12.5. The van der Waals surface area contributed by atoms with E-state index in [1.165, 1.54) is 45.6 Å². The fraction of sp³-hybridized carbons (Fsp3) is 0.625. The lowest BCUT2D eigenvalue weighted by Crippen LogP contribution is -2.23. The number of hydrogen-bond donors (Lipinski definition) is 0. The summed E-state index contributed by atoms with van der Waals surface area (Å²) < 4.78 is 22.9. The summed E-state index contributed by atoms with van der Waals surface area (Å²) in [5.41, 5.74) is -0.497. The first-order valence-corrected chi connectivity index (χ1v) is 10.8. The van der Waals surface area contributed by atoms with Crippen molar-refractivity contribution in [1.82, 2.24) is 0 Å². The molecule has 0 N–H and O–H groups in total. The molecular weight excluding hydrogens is 368 g/mol. The fourth-order valence-electron chi connectivity index (χ4n) is 3.32. The van der Waals surface area contributed by atoms with Gasteiger partial charge in [-0.25, -0.2) is 4.79 Å². The number of rotatable bonds is 12. The molecule has 5 nitrogen and oxygen atoms in total. The van der Waals surface area contributed by atoms with Gasteiger partial charge in [-0.2, -0.15) is 0 Å². The maximum Gasteiger partial charge on any atom is 0.383 e. The highest BCUT2D eigenvalue weighted by Crippen LogP contribution is 2.39. The summed E-state index contributed by atoms with van der Waals surface area (Å²) >= 11 is 0. The molecule has 0 atom stereocenters. The van der Waals surface area contributed by atoms with Crippen LogP contribution in [0.1, 0.15) is 79.1 Å². The molecule has 0 saturated carbocycles. The van der Waals surface area contributed by atoms with Crippen LogP contribution in [0, 0.1) is 0 Å². The van der Waals surface area contributed by atoms with Gasteiger partial charge in [0.2, 0.25) is 5.75 Å². The van der Waals surface area contributed by atoms with Gasteiger partial charge in [0, 0.05) is 0 Å². The fourth-order valence-corrected chi connectivity index (χ4v) is 3.32. The van der Waals surface area contributed by atoms with Crippen molar-refractivity contribution in [1.29, 1.82) is 0 Å². The predicted molar refractivity (Wildman–Crippen MR) is 118 cm³/mol. The normalized spacial score (nSPS) is 11.6. The molecular formula is C24H36O5. The second kappa shape index (κ2) is 11.1. The average Bonchev–Trinajstić information content (AvgIpc) is 2.65.